The Morgan fingerprint density at radius 1 is 0.861 bits per heavy atom. The lowest BCUT2D eigenvalue weighted by Crippen LogP contribution is -2.10. The van der Waals surface area contributed by atoms with Crippen LogP contribution in [0.1, 0.15) is 11.4 Å². The Bertz CT molecular complexity index is 1570. The van der Waals surface area contributed by atoms with Gasteiger partial charge in [0.15, 0.2) is 0 Å². The topological polar surface area (TPSA) is 119 Å². The van der Waals surface area contributed by atoms with E-state index in [1.807, 2.05) is 42.5 Å². The van der Waals surface area contributed by atoms with Crippen molar-refractivity contribution in [2.45, 2.75) is 13.5 Å². The quantitative estimate of drug-likeness (QED) is 0.257. The van der Waals surface area contributed by atoms with E-state index >= 15 is 0 Å². The van der Waals surface area contributed by atoms with E-state index in [9.17, 15) is 20.3 Å². The van der Waals surface area contributed by atoms with E-state index in [1.54, 1.807) is 55.1 Å². The number of phenols is 2. The van der Waals surface area contributed by atoms with Crippen LogP contribution in [0.5, 0.6) is 11.5 Å². The molecule has 0 spiro atoms. The fourth-order valence-corrected chi connectivity index (χ4v) is 4.39. The van der Waals surface area contributed by atoms with Gasteiger partial charge in [0.05, 0.1) is 17.1 Å². The highest BCUT2D eigenvalue weighted by Gasteiger charge is 2.25. The lowest BCUT2D eigenvalue weighted by Gasteiger charge is -2.13. The lowest BCUT2D eigenvalue weighted by atomic mass is 9.97. The molecule has 0 unspecified atom stereocenters. The largest absolute Gasteiger partial charge is 0.508 e. The van der Waals surface area contributed by atoms with Gasteiger partial charge in [-0.15, -0.1) is 0 Å². The van der Waals surface area contributed by atoms with Gasteiger partial charge in [-0.05, 0) is 60.5 Å². The summed E-state index contributed by atoms with van der Waals surface area (Å²) in [4.78, 5) is 11.1. The number of aromatic nitrogens is 4. The molecule has 0 aliphatic carbocycles. The van der Waals surface area contributed by atoms with E-state index in [2.05, 4.69) is 5.10 Å². The summed E-state index contributed by atoms with van der Waals surface area (Å²) < 4.78 is 3.23. The standard InChI is InChI=1S/C27H23N5O4/c1-17-27(26(16-31(35)36)30(2)28-17)32-25(15-24(29-32)19-9-13-21(34)14-10-19)23-6-4-3-5-22(23)18-7-11-20(33)12-8-18/h3-15,33-34H,16H2,1-2H3. The van der Waals surface area contributed by atoms with Gasteiger partial charge >= 0.3 is 0 Å². The maximum absolute atomic E-state index is 11.5. The van der Waals surface area contributed by atoms with Gasteiger partial charge in [0, 0.05) is 23.1 Å². The number of aromatic hydroxyl groups is 2. The summed E-state index contributed by atoms with van der Waals surface area (Å²) in [5, 5.41) is 40.3. The molecule has 0 atom stereocenters. The van der Waals surface area contributed by atoms with Crippen molar-refractivity contribution in [3.05, 3.63) is 100 Å². The molecule has 2 N–H and O–H groups in total. The summed E-state index contributed by atoms with van der Waals surface area (Å²) in [5.74, 6) is 0.318. The third-order valence-electron chi connectivity index (χ3n) is 6.05. The van der Waals surface area contributed by atoms with Crippen LogP contribution in [-0.4, -0.2) is 34.7 Å². The monoisotopic (exact) mass is 481 g/mol. The van der Waals surface area contributed by atoms with Gasteiger partial charge < -0.3 is 10.2 Å². The molecule has 0 bridgehead atoms. The number of nitro groups is 1. The maximum Gasteiger partial charge on any atom is 0.247 e. The Labute approximate surface area is 206 Å². The molecular formula is C27H23N5O4. The third-order valence-corrected chi connectivity index (χ3v) is 6.05. The van der Waals surface area contributed by atoms with E-state index in [1.165, 1.54) is 4.68 Å². The van der Waals surface area contributed by atoms with Crippen molar-refractivity contribution < 1.29 is 15.1 Å². The molecule has 0 aliphatic heterocycles. The number of rotatable bonds is 6. The van der Waals surface area contributed by atoms with Crippen LogP contribution in [0.2, 0.25) is 0 Å². The number of benzene rings is 3. The summed E-state index contributed by atoms with van der Waals surface area (Å²) >= 11 is 0. The molecular weight excluding hydrogens is 458 g/mol. The Kier molecular flexibility index (Phi) is 5.73. The third kappa shape index (κ3) is 4.18. The summed E-state index contributed by atoms with van der Waals surface area (Å²) in [6.45, 7) is 1.40. The Morgan fingerprint density at radius 3 is 2.06 bits per heavy atom. The molecule has 3 aromatic carbocycles. The second-order valence-electron chi connectivity index (χ2n) is 8.46. The zero-order valence-electron chi connectivity index (χ0n) is 19.7. The van der Waals surface area contributed by atoms with E-state index < -0.39 is 6.54 Å². The number of hydrogen-bond acceptors (Lipinski definition) is 6. The predicted molar refractivity (Wildman–Crippen MR) is 135 cm³/mol. The first-order valence-corrected chi connectivity index (χ1v) is 11.2. The lowest BCUT2D eigenvalue weighted by molar-refractivity contribution is -0.497. The van der Waals surface area contributed by atoms with E-state index in [0.717, 1.165) is 27.9 Å². The normalized spacial score (nSPS) is 11.1. The molecule has 9 heteroatoms. The first-order chi connectivity index (χ1) is 17.3. The van der Waals surface area contributed by atoms with Gasteiger partial charge in [-0.2, -0.15) is 10.2 Å². The van der Waals surface area contributed by atoms with Gasteiger partial charge in [-0.25, -0.2) is 4.68 Å². The first kappa shape index (κ1) is 22.9. The molecule has 0 fully saturated rings. The van der Waals surface area contributed by atoms with Crippen molar-refractivity contribution in [2.75, 3.05) is 0 Å². The minimum absolute atomic E-state index is 0.146. The molecule has 9 nitrogen and oxygen atoms in total. The van der Waals surface area contributed by atoms with Crippen LogP contribution in [0.25, 0.3) is 39.3 Å². The first-order valence-electron chi connectivity index (χ1n) is 11.2. The highest BCUT2D eigenvalue weighted by molar-refractivity contribution is 5.84. The molecule has 5 aromatic rings. The fraction of sp³-hybridized carbons (Fsp3) is 0.111. The van der Waals surface area contributed by atoms with Gasteiger partial charge in [0.2, 0.25) is 6.54 Å². The molecule has 0 aliphatic rings. The minimum atomic E-state index is -0.403. The number of phenolic OH excluding ortho intramolecular Hbond substituents is 2. The SMILES string of the molecule is Cc1nn(C)c(C[N+](=O)[O-])c1-n1nc(-c2ccc(O)cc2)cc1-c1ccccc1-c1ccc(O)cc1. The summed E-state index contributed by atoms with van der Waals surface area (Å²) in [6.07, 6.45) is 0. The predicted octanol–water partition coefficient (Wildman–Crippen LogP) is 5.10. The molecule has 0 saturated carbocycles. The van der Waals surface area contributed by atoms with Gasteiger partial charge in [-0.1, -0.05) is 36.4 Å². The summed E-state index contributed by atoms with van der Waals surface area (Å²) in [5.41, 5.74) is 6.41. The Balaban J connectivity index is 1.78. The van der Waals surface area contributed by atoms with Crippen molar-refractivity contribution in [1.29, 1.82) is 0 Å². The van der Waals surface area contributed by atoms with Crippen LogP contribution in [0.3, 0.4) is 0 Å². The van der Waals surface area contributed by atoms with Crippen molar-refractivity contribution in [3.63, 3.8) is 0 Å². The Hall–Kier alpha value is -4.92. The molecule has 0 radical (unpaired) electrons. The van der Waals surface area contributed by atoms with Crippen LogP contribution in [0.4, 0.5) is 0 Å². The molecule has 2 heterocycles. The van der Waals surface area contributed by atoms with Crippen molar-refractivity contribution >= 4 is 0 Å². The average Bonchev–Trinajstić information content (AvgIpc) is 3.40. The number of hydrogen-bond donors (Lipinski definition) is 2. The summed E-state index contributed by atoms with van der Waals surface area (Å²) in [7, 11) is 1.68. The second kappa shape index (κ2) is 9.03. The number of nitrogens with zero attached hydrogens (tertiary/aromatic N) is 5. The van der Waals surface area contributed by atoms with Gasteiger partial charge in [-0.3, -0.25) is 14.8 Å². The van der Waals surface area contributed by atoms with Gasteiger partial charge in [0.1, 0.15) is 22.9 Å². The molecule has 0 saturated heterocycles. The summed E-state index contributed by atoms with van der Waals surface area (Å²) in [6, 6.07) is 23.4. The van der Waals surface area contributed by atoms with Crippen LogP contribution < -0.4 is 0 Å². The van der Waals surface area contributed by atoms with Crippen LogP contribution in [-0.2, 0) is 13.6 Å². The molecule has 36 heavy (non-hydrogen) atoms. The van der Waals surface area contributed by atoms with Gasteiger partial charge in [0.25, 0.3) is 0 Å². The average molecular weight is 482 g/mol. The van der Waals surface area contributed by atoms with Crippen LogP contribution in [0, 0.1) is 17.0 Å². The zero-order valence-corrected chi connectivity index (χ0v) is 19.7. The maximum atomic E-state index is 11.5. The fourth-order valence-electron chi connectivity index (χ4n) is 4.39. The highest BCUT2D eigenvalue weighted by Crippen LogP contribution is 2.37. The highest BCUT2D eigenvalue weighted by atomic mass is 16.6. The van der Waals surface area contributed by atoms with Crippen LogP contribution in [0.15, 0.2) is 78.9 Å². The van der Waals surface area contributed by atoms with E-state index in [-0.39, 0.29) is 16.4 Å². The molecule has 0 amide bonds. The minimum Gasteiger partial charge on any atom is -0.508 e. The molecule has 2 aromatic heterocycles. The smallest absolute Gasteiger partial charge is 0.247 e. The van der Waals surface area contributed by atoms with E-state index in [4.69, 9.17) is 5.10 Å². The van der Waals surface area contributed by atoms with Crippen molar-refractivity contribution in [3.8, 4) is 50.8 Å². The second-order valence-corrected chi connectivity index (χ2v) is 8.46. The van der Waals surface area contributed by atoms with Crippen LogP contribution >= 0.6 is 0 Å². The molecule has 5 rings (SSSR count). The van der Waals surface area contributed by atoms with Crippen molar-refractivity contribution in [1.82, 2.24) is 19.6 Å². The van der Waals surface area contributed by atoms with Crippen molar-refractivity contribution in [2.24, 2.45) is 7.05 Å². The van der Waals surface area contributed by atoms with E-state index in [0.29, 0.717) is 22.8 Å². The molecule has 180 valence electrons. The zero-order chi connectivity index (χ0) is 25.4. The number of aryl methyl sites for hydroxylation is 2. The Morgan fingerprint density at radius 2 is 1.44 bits per heavy atom.